The van der Waals surface area contributed by atoms with Crippen molar-refractivity contribution < 1.29 is 14.3 Å². The van der Waals surface area contributed by atoms with E-state index in [4.69, 9.17) is 10.5 Å². The third-order valence-corrected chi connectivity index (χ3v) is 6.70. The van der Waals surface area contributed by atoms with Crippen LogP contribution in [0.4, 0.5) is 5.00 Å². The third kappa shape index (κ3) is 4.16. The van der Waals surface area contributed by atoms with Crippen molar-refractivity contribution in [2.45, 2.75) is 33.2 Å². The number of rotatable bonds is 7. The second-order valence-corrected chi connectivity index (χ2v) is 8.75. The van der Waals surface area contributed by atoms with Gasteiger partial charge in [0.1, 0.15) is 10.8 Å². The molecular formula is C24H27N3O3S. The summed E-state index contributed by atoms with van der Waals surface area (Å²) in [6.07, 6.45) is 1.84. The predicted molar refractivity (Wildman–Crippen MR) is 125 cm³/mol. The van der Waals surface area contributed by atoms with Crippen LogP contribution in [-0.4, -0.2) is 36.4 Å². The van der Waals surface area contributed by atoms with Crippen LogP contribution in [0.5, 0.6) is 5.75 Å². The largest absolute Gasteiger partial charge is 0.493 e. The Balaban J connectivity index is 1.73. The highest BCUT2D eigenvalue weighted by atomic mass is 32.1. The highest BCUT2D eigenvalue weighted by Crippen LogP contribution is 2.38. The van der Waals surface area contributed by atoms with E-state index in [9.17, 15) is 9.59 Å². The molecule has 31 heavy (non-hydrogen) atoms. The predicted octanol–water partition coefficient (Wildman–Crippen LogP) is 4.42. The van der Waals surface area contributed by atoms with Gasteiger partial charge < -0.3 is 15.8 Å². The molecule has 0 saturated carbocycles. The number of ether oxygens (including phenoxy) is 1. The molecule has 162 valence electrons. The molecule has 2 amide bonds. The standard InChI is InChI=1S/C24H27N3O3S/c1-3-12-27-13-11-17-19(14-27)31-24(21(17)22(25)28)26-23(29)20-16-8-6-5-7-15(16)9-10-18(20)30-4-2/h5-10H,3-4,11-14H2,1-2H3,(H2,25,28)(H,26,29). The summed E-state index contributed by atoms with van der Waals surface area (Å²) in [6.45, 7) is 7.18. The number of thiophene rings is 1. The molecule has 2 heterocycles. The Labute approximate surface area is 186 Å². The smallest absolute Gasteiger partial charge is 0.260 e. The zero-order chi connectivity index (χ0) is 22.0. The van der Waals surface area contributed by atoms with E-state index in [1.807, 2.05) is 43.3 Å². The maximum absolute atomic E-state index is 13.4. The molecule has 0 fully saturated rings. The summed E-state index contributed by atoms with van der Waals surface area (Å²) in [5.74, 6) is -0.277. The van der Waals surface area contributed by atoms with Gasteiger partial charge in [-0.15, -0.1) is 11.3 Å². The Morgan fingerprint density at radius 1 is 1.16 bits per heavy atom. The highest BCUT2D eigenvalue weighted by molar-refractivity contribution is 7.17. The first kappa shape index (κ1) is 21.3. The van der Waals surface area contributed by atoms with Gasteiger partial charge in [0.15, 0.2) is 0 Å². The number of anilines is 1. The minimum atomic E-state index is -0.500. The van der Waals surface area contributed by atoms with Crippen molar-refractivity contribution in [2.75, 3.05) is 25.0 Å². The van der Waals surface area contributed by atoms with Gasteiger partial charge in [0.2, 0.25) is 0 Å². The number of carbonyl (C=O) groups is 2. The number of amides is 2. The van der Waals surface area contributed by atoms with E-state index in [2.05, 4.69) is 17.1 Å². The summed E-state index contributed by atoms with van der Waals surface area (Å²) in [7, 11) is 0. The first-order valence-electron chi connectivity index (χ1n) is 10.7. The van der Waals surface area contributed by atoms with Crippen molar-refractivity contribution in [3.8, 4) is 5.75 Å². The molecule has 0 unspecified atom stereocenters. The Kier molecular flexibility index (Phi) is 6.25. The summed E-state index contributed by atoms with van der Waals surface area (Å²) in [5, 5.41) is 5.27. The maximum Gasteiger partial charge on any atom is 0.260 e. The molecule has 4 rings (SSSR count). The number of nitrogens with two attached hydrogens (primary N) is 1. The quantitative estimate of drug-likeness (QED) is 0.573. The number of hydrogen-bond donors (Lipinski definition) is 2. The first-order valence-corrected chi connectivity index (χ1v) is 11.5. The number of hydrogen-bond acceptors (Lipinski definition) is 5. The van der Waals surface area contributed by atoms with E-state index in [0.717, 1.165) is 53.7 Å². The van der Waals surface area contributed by atoms with Crippen LogP contribution in [-0.2, 0) is 13.0 Å². The zero-order valence-corrected chi connectivity index (χ0v) is 18.7. The normalized spacial score (nSPS) is 13.7. The summed E-state index contributed by atoms with van der Waals surface area (Å²) in [6, 6.07) is 11.5. The third-order valence-electron chi connectivity index (χ3n) is 5.57. The van der Waals surface area contributed by atoms with Crippen molar-refractivity contribution in [3.05, 3.63) is 58.0 Å². The molecule has 2 aromatic carbocycles. The number of nitrogens with zero attached hydrogens (tertiary/aromatic N) is 1. The fourth-order valence-corrected chi connectivity index (χ4v) is 5.53. The van der Waals surface area contributed by atoms with E-state index >= 15 is 0 Å². The number of nitrogens with one attached hydrogen (secondary N) is 1. The average molecular weight is 438 g/mol. The summed E-state index contributed by atoms with van der Waals surface area (Å²) >= 11 is 1.45. The number of fused-ring (bicyclic) bond motifs is 2. The lowest BCUT2D eigenvalue weighted by molar-refractivity contribution is 0.1000. The van der Waals surface area contributed by atoms with Gasteiger partial charge in [0.25, 0.3) is 11.8 Å². The van der Waals surface area contributed by atoms with Crippen molar-refractivity contribution in [2.24, 2.45) is 5.73 Å². The average Bonchev–Trinajstić information content (AvgIpc) is 3.11. The van der Waals surface area contributed by atoms with Gasteiger partial charge in [0.05, 0.1) is 17.7 Å². The number of primary amides is 1. The van der Waals surface area contributed by atoms with Gasteiger partial charge in [-0.2, -0.15) is 0 Å². The Bertz CT molecular complexity index is 1140. The Morgan fingerprint density at radius 2 is 1.97 bits per heavy atom. The van der Waals surface area contributed by atoms with Crippen LogP contribution in [0.25, 0.3) is 10.8 Å². The second kappa shape index (κ2) is 9.08. The lowest BCUT2D eigenvalue weighted by atomic mass is 10.0. The van der Waals surface area contributed by atoms with Gasteiger partial charge in [-0.25, -0.2) is 0 Å². The van der Waals surface area contributed by atoms with Gasteiger partial charge in [-0.1, -0.05) is 37.3 Å². The molecular weight excluding hydrogens is 410 g/mol. The van der Waals surface area contributed by atoms with Crippen LogP contribution in [0.3, 0.4) is 0 Å². The molecule has 0 saturated heterocycles. The minimum absolute atomic E-state index is 0.299. The lowest BCUT2D eigenvalue weighted by Gasteiger charge is -2.26. The van der Waals surface area contributed by atoms with Crippen molar-refractivity contribution in [1.29, 1.82) is 0 Å². The molecule has 3 aromatic rings. The molecule has 0 aliphatic carbocycles. The highest BCUT2D eigenvalue weighted by Gasteiger charge is 2.28. The topological polar surface area (TPSA) is 84.7 Å². The molecule has 0 bridgehead atoms. The van der Waals surface area contributed by atoms with E-state index in [-0.39, 0.29) is 5.91 Å². The Hall–Kier alpha value is -2.90. The number of benzene rings is 2. The summed E-state index contributed by atoms with van der Waals surface area (Å²) < 4.78 is 5.75. The summed E-state index contributed by atoms with van der Waals surface area (Å²) in [5.41, 5.74) is 7.63. The molecule has 3 N–H and O–H groups in total. The second-order valence-electron chi connectivity index (χ2n) is 7.65. The molecule has 1 aliphatic rings. The van der Waals surface area contributed by atoms with E-state index in [1.165, 1.54) is 11.3 Å². The minimum Gasteiger partial charge on any atom is -0.493 e. The number of carbonyl (C=O) groups excluding carboxylic acids is 2. The molecule has 0 spiro atoms. The van der Waals surface area contributed by atoms with Crippen LogP contribution >= 0.6 is 11.3 Å². The van der Waals surface area contributed by atoms with Crippen molar-refractivity contribution in [1.82, 2.24) is 4.90 Å². The van der Waals surface area contributed by atoms with Gasteiger partial charge in [-0.05, 0) is 48.7 Å². The maximum atomic E-state index is 13.4. The van der Waals surface area contributed by atoms with Crippen LogP contribution in [0.1, 0.15) is 51.4 Å². The van der Waals surface area contributed by atoms with Gasteiger partial charge in [0, 0.05) is 18.0 Å². The van der Waals surface area contributed by atoms with Crippen LogP contribution in [0, 0.1) is 0 Å². The van der Waals surface area contributed by atoms with E-state index in [0.29, 0.717) is 28.5 Å². The first-order chi connectivity index (χ1) is 15.0. The van der Waals surface area contributed by atoms with E-state index < -0.39 is 5.91 Å². The molecule has 7 heteroatoms. The van der Waals surface area contributed by atoms with Crippen LogP contribution < -0.4 is 15.8 Å². The summed E-state index contributed by atoms with van der Waals surface area (Å²) in [4.78, 5) is 29.2. The van der Waals surface area contributed by atoms with Crippen molar-refractivity contribution in [3.63, 3.8) is 0 Å². The monoisotopic (exact) mass is 437 g/mol. The molecule has 0 radical (unpaired) electrons. The van der Waals surface area contributed by atoms with Crippen LogP contribution in [0.15, 0.2) is 36.4 Å². The fourth-order valence-electron chi connectivity index (χ4n) is 4.24. The molecule has 1 aliphatic heterocycles. The fraction of sp³-hybridized carbons (Fsp3) is 0.333. The molecule has 1 aromatic heterocycles. The van der Waals surface area contributed by atoms with E-state index in [1.54, 1.807) is 0 Å². The van der Waals surface area contributed by atoms with Crippen LogP contribution in [0.2, 0.25) is 0 Å². The molecule has 0 atom stereocenters. The van der Waals surface area contributed by atoms with Gasteiger partial charge in [-0.3, -0.25) is 14.5 Å². The SMILES string of the molecule is CCCN1CCc2c(sc(NC(=O)c3c(OCC)ccc4ccccc34)c2C(N)=O)C1. The molecule has 6 nitrogen and oxygen atoms in total. The Morgan fingerprint density at radius 3 is 2.71 bits per heavy atom. The zero-order valence-electron chi connectivity index (χ0n) is 17.9. The van der Waals surface area contributed by atoms with Gasteiger partial charge >= 0.3 is 0 Å². The van der Waals surface area contributed by atoms with Crippen molar-refractivity contribution >= 4 is 38.9 Å². The lowest BCUT2D eigenvalue weighted by Crippen LogP contribution is -2.31.